The number of carbonyl (C=O) groups is 1. The van der Waals surface area contributed by atoms with Gasteiger partial charge < -0.3 is 9.64 Å². The molecule has 2 aromatic rings. The first-order valence-electron chi connectivity index (χ1n) is 10.5. The number of rotatable bonds is 5. The van der Waals surface area contributed by atoms with Crippen LogP contribution < -0.4 is 0 Å². The van der Waals surface area contributed by atoms with E-state index in [2.05, 4.69) is 46.1 Å². The standard InChI is InChI=1S/C23H30N4O2/c1-23(19-6-4-18(5-7-19)22-24-11-3-12-25-22)9-14-27(15-10-23)21(28)17-26-13-8-20(16-26)29-2/h3-7,11-12,20H,8-10,13-17H2,1-2H3. The van der Waals surface area contributed by atoms with Gasteiger partial charge in [-0.1, -0.05) is 31.2 Å². The third-order valence-electron chi connectivity index (χ3n) is 6.55. The van der Waals surface area contributed by atoms with Crippen LogP contribution in [0.25, 0.3) is 11.4 Å². The predicted molar refractivity (Wildman–Crippen MR) is 112 cm³/mol. The number of hydrogen-bond acceptors (Lipinski definition) is 5. The molecule has 0 saturated carbocycles. The van der Waals surface area contributed by atoms with Gasteiger partial charge in [-0.2, -0.15) is 0 Å². The molecule has 2 fully saturated rings. The van der Waals surface area contributed by atoms with E-state index in [9.17, 15) is 4.79 Å². The van der Waals surface area contributed by atoms with Gasteiger partial charge in [0, 0.05) is 51.2 Å². The fourth-order valence-electron chi connectivity index (χ4n) is 4.43. The van der Waals surface area contributed by atoms with E-state index in [0.717, 1.165) is 56.8 Å². The van der Waals surface area contributed by atoms with E-state index in [4.69, 9.17) is 4.74 Å². The van der Waals surface area contributed by atoms with Crippen molar-refractivity contribution in [3.05, 3.63) is 48.3 Å². The second-order valence-electron chi connectivity index (χ2n) is 8.47. The van der Waals surface area contributed by atoms with Crippen molar-refractivity contribution in [2.24, 2.45) is 0 Å². The highest BCUT2D eigenvalue weighted by Crippen LogP contribution is 2.35. The molecule has 1 aromatic heterocycles. The fourth-order valence-corrected chi connectivity index (χ4v) is 4.43. The Morgan fingerprint density at radius 3 is 2.45 bits per heavy atom. The Hall–Kier alpha value is -2.31. The van der Waals surface area contributed by atoms with Crippen LogP contribution in [0.3, 0.4) is 0 Å². The molecule has 0 N–H and O–H groups in total. The summed E-state index contributed by atoms with van der Waals surface area (Å²) in [4.78, 5) is 25.6. The minimum atomic E-state index is 0.0989. The number of nitrogens with zero attached hydrogens (tertiary/aromatic N) is 4. The number of methoxy groups -OCH3 is 1. The van der Waals surface area contributed by atoms with Gasteiger partial charge in [-0.05, 0) is 36.3 Å². The van der Waals surface area contributed by atoms with E-state index in [1.165, 1.54) is 5.56 Å². The Labute approximate surface area is 172 Å². The van der Waals surface area contributed by atoms with E-state index in [1.54, 1.807) is 19.5 Å². The highest BCUT2D eigenvalue weighted by Gasteiger charge is 2.34. The summed E-state index contributed by atoms with van der Waals surface area (Å²) in [5.74, 6) is 1.00. The summed E-state index contributed by atoms with van der Waals surface area (Å²) < 4.78 is 5.41. The number of aromatic nitrogens is 2. The van der Waals surface area contributed by atoms with Crippen molar-refractivity contribution in [2.45, 2.75) is 37.7 Å². The van der Waals surface area contributed by atoms with Crippen molar-refractivity contribution in [3.63, 3.8) is 0 Å². The van der Waals surface area contributed by atoms with E-state index in [0.29, 0.717) is 6.54 Å². The fraction of sp³-hybridized carbons (Fsp3) is 0.522. The Kier molecular flexibility index (Phi) is 5.92. The van der Waals surface area contributed by atoms with Crippen LogP contribution in [-0.4, -0.2) is 71.6 Å². The molecule has 2 aliphatic rings. The first kappa shape index (κ1) is 20.0. The van der Waals surface area contributed by atoms with E-state index in [-0.39, 0.29) is 17.4 Å². The van der Waals surface area contributed by atoms with Crippen molar-refractivity contribution in [3.8, 4) is 11.4 Å². The Balaban J connectivity index is 1.34. The maximum absolute atomic E-state index is 12.7. The largest absolute Gasteiger partial charge is 0.380 e. The topological polar surface area (TPSA) is 58.6 Å². The third kappa shape index (κ3) is 4.49. The number of ether oxygens (including phenoxy) is 1. The Morgan fingerprint density at radius 1 is 1.14 bits per heavy atom. The lowest BCUT2D eigenvalue weighted by atomic mass is 9.74. The van der Waals surface area contributed by atoms with Crippen LogP contribution >= 0.6 is 0 Å². The second kappa shape index (κ2) is 8.59. The molecule has 154 valence electrons. The maximum atomic E-state index is 12.7. The summed E-state index contributed by atoms with van der Waals surface area (Å²) in [6.07, 6.45) is 6.80. The van der Waals surface area contributed by atoms with Crippen LogP contribution in [-0.2, 0) is 14.9 Å². The van der Waals surface area contributed by atoms with E-state index < -0.39 is 0 Å². The lowest BCUT2D eigenvalue weighted by Crippen LogP contribution is -2.47. The quantitative estimate of drug-likeness (QED) is 0.780. The van der Waals surface area contributed by atoms with Crippen LogP contribution in [0.1, 0.15) is 31.7 Å². The number of carbonyl (C=O) groups excluding carboxylic acids is 1. The summed E-state index contributed by atoms with van der Waals surface area (Å²) in [6, 6.07) is 10.4. The molecule has 6 nitrogen and oxygen atoms in total. The van der Waals surface area contributed by atoms with E-state index in [1.807, 2.05) is 11.0 Å². The lowest BCUT2D eigenvalue weighted by molar-refractivity contribution is -0.133. The Bertz CT molecular complexity index is 817. The monoisotopic (exact) mass is 394 g/mol. The zero-order valence-corrected chi connectivity index (χ0v) is 17.4. The van der Waals surface area contributed by atoms with Gasteiger partial charge in [0.2, 0.25) is 5.91 Å². The summed E-state index contributed by atoms with van der Waals surface area (Å²) in [5.41, 5.74) is 2.46. The van der Waals surface area contributed by atoms with Gasteiger partial charge >= 0.3 is 0 Å². The summed E-state index contributed by atoms with van der Waals surface area (Å²) in [7, 11) is 1.75. The van der Waals surface area contributed by atoms with Crippen LogP contribution in [0.2, 0.25) is 0 Å². The molecule has 0 spiro atoms. The number of hydrogen-bond donors (Lipinski definition) is 0. The van der Waals surface area contributed by atoms with Gasteiger partial charge in [0.1, 0.15) is 0 Å². The average molecular weight is 395 g/mol. The molecule has 1 amide bonds. The predicted octanol–water partition coefficient (Wildman–Crippen LogP) is 2.74. The molecular weight excluding hydrogens is 364 g/mol. The van der Waals surface area contributed by atoms with Crippen LogP contribution in [0.5, 0.6) is 0 Å². The molecule has 3 heterocycles. The molecule has 0 radical (unpaired) electrons. The molecular formula is C23H30N4O2. The van der Waals surface area contributed by atoms with Crippen molar-refractivity contribution in [2.75, 3.05) is 39.8 Å². The maximum Gasteiger partial charge on any atom is 0.236 e. The molecule has 1 unspecified atom stereocenters. The zero-order valence-electron chi connectivity index (χ0n) is 17.4. The van der Waals surface area contributed by atoms with Crippen LogP contribution in [0.15, 0.2) is 42.7 Å². The Morgan fingerprint density at radius 2 is 1.83 bits per heavy atom. The van der Waals surface area contributed by atoms with Gasteiger partial charge in [0.25, 0.3) is 0 Å². The molecule has 1 atom stereocenters. The smallest absolute Gasteiger partial charge is 0.236 e. The SMILES string of the molecule is COC1CCN(CC(=O)N2CCC(C)(c3ccc(-c4ncccn4)cc3)CC2)C1. The third-order valence-corrected chi connectivity index (χ3v) is 6.55. The normalized spacial score (nSPS) is 22.0. The molecule has 6 heteroatoms. The molecule has 29 heavy (non-hydrogen) atoms. The van der Waals surface area contributed by atoms with Gasteiger partial charge in [-0.25, -0.2) is 9.97 Å². The zero-order chi connectivity index (χ0) is 20.3. The van der Waals surface area contributed by atoms with Gasteiger partial charge in [-0.3, -0.25) is 9.69 Å². The highest BCUT2D eigenvalue weighted by molar-refractivity contribution is 5.78. The summed E-state index contributed by atoms with van der Waals surface area (Å²) in [5, 5.41) is 0. The molecule has 2 aliphatic heterocycles. The molecule has 1 aromatic carbocycles. The first-order chi connectivity index (χ1) is 14.1. The van der Waals surface area contributed by atoms with Crippen molar-refractivity contribution >= 4 is 5.91 Å². The van der Waals surface area contributed by atoms with Crippen molar-refractivity contribution in [1.29, 1.82) is 0 Å². The summed E-state index contributed by atoms with van der Waals surface area (Å²) in [6.45, 7) is 6.29. The van der Waals surface area contributed by atoms with Gasteiger partial charge in [0.15, 0.2) is 5.82 Å². The lowest BCUT2D eigenvalue weighted by Gasteiger charge is -2.40. The number of amides is 1. The number of likely N-dealkylation sites (tertiary alicyclic amines) is 2. The first-order valence-corrected chi connectivity index (χ1v) is 10.5. The van der Waals surface area contributed by atoms with Crippen molar-refractivity contribution in [1.82, 2.24) is 19.8 Å². The van der Waals surface area contributed by atoms with Gasteiger partial charge in [0.05, 0.1) is 12.6 Å². The van der Waals surface area contributed by atoms with E-state index >= 15 is 0 Å². The molecule has 2 saturated heterocycles. The number of piperidine rings is 1. The minimum Gasteiger partial charge on any atom is -0.380 e. The van der Waals surface area contributed by atoms with Crippen LogP contribution in [0, 0.1) is 0 Å². The molecule has 4 rings (SSSR count). The average Bonchev–Trinajstić information content (AvgIpc) is 3.22. The number of benzene rings is 1. The van der Waals surface area contributed by atoms with Gasteiger partial charge in [-0.15, -0.1) is 0 Å². The highest BCUT2D eigenvalue weighted by atomic mass is 16.5. The second-order valence-corrected chi connectivity index (χ2v) is 8.47. The minimum absolute atomic E-state index is 0.0989. The molecule has 0 bridgehead atoms. The van der Waals surface area contributed by atoms with Crippen LogP contribution in [0.4, 0.5) is 0 Å². The van der Waals surface area contributed by atoms with Crippen molar-refractivity contribution < 1.29 is 9.53 Å². The molecule has 0 aliphatic carbocycles. The summed E-state index contributed by atoms with van der Waals surface area (Å²) >= 11 is 0.